The lowest BCUT2D eigenvalue weighted by Gasteiger charge is -2.20. The summed E-state index contributed by atoms with van der Waals surface area (Å²) in [7, 11) is 0. The monoisotopic (exact) mass is 299 g/mol. The SMILES string of the molecule is CC(N[C@H](C)c1ccccc1Cl)c1ccc(Cl)s1. The van der Waals surface area contributed by atoms with Crippen LogP contribution in [0.25, 0.3) is 0 Å². The van der Waals surface area contributed by atoms with Crippen molar-refractivity contribution in [1.29, 1.82) is 0 Å². The molecule has 2 atom stereocenters. The van der Waals surface area contributed by atoms with E-state index in [1.165, 1.54) is 4.88 Å². The summed E-state index contributed by atoms with van der Waals surface area (Å²) in [5.41, 5.74) is 1.12. The Morgan fingerprint density at radius 2 is 1.72 bits per heavy atom. The third kappa shape index (κ3) is 3.27. The molecule has 1 N–H and O–H groups in total. The minimum absolute atomic E-state index is 0.203. The number of hydrogen-bond acceptors (Lipinski definition) is 2. The van der Waals surface area contributed by atoms with Crippen LogP contribution in [0.3, 0.4) is 0 Å². The van der Waals surface area contributed by atoms with Crippen molar-refractivity contribution in [2.75, 3.05) is 0 Å². The maximum Gasteiger partial charge on any atom is 0.0931 e. The minimum Gasteiger partial charge on any atom is -0.303 e. The average Bonchev–Trinajstić information content (AvgIpc) is 2.76. The Balaban J connectivity index is 2.08. The van der Waals surface area contributed by atoms with Crippen molar-refractivity contribution in [3.05, 3.63) is 56.2 Å². The molecule has 96 valence electrons. The van der Waals surface area contributed by atoms with Crippen LogP contribution in [-0.2, 0) is 0 Å². The molecule has 0 saturated carbocycles. The van der Waals surface area contributed by atoms with E-state index in [1.807, 2.05) is 30.3 Å². The molecule has 1 aromatic heterocycles. The normalized spacial score (nSPS) is 14.4. The summed E-state index contributed by atoms with van der Waals surface area (Å²) in [6.07, 6.45) is 0. The molecule has 0 aliphatic carbocycles. The van der Waals surface area contributed by atoms with Gasteiger partial charge in [-0.1, -0.05) is 41.4 Å². The van der Waals surface area contributed by atoms with Crippen LogP contribution in [0, 0.1) is 0 Å². The van der Waals surface area contributed by atoms with Crippen LogP contribution >= 0.6 is 34.5 Å². The zero-order valence-corrected chi connectivity index (χ0v) is 12.6. The molecular weight excluding hydrogens is 285 g/mol. The van der Waals surface area contributed by atoms with Gasteiger partial charge in [-0.2, -0.15) is 0 Å². The molecule has 0 saturated heterocycles. The number of nitrogens with one attached hydrogen (secondary N) is 1. The molecule has 1 aromatic carbocycles. The second-order valence-electron chi connectivity index (χ2n) is 4.27. The highest BCUT2D eigenvalue weighted by Gasteiger charge is 2.14. The molecule has 0 radical (unpaired) electrons. The van der Waals surface area contributed by atoms with Gasteiger partial charge < -0.3 is 5.32 Å². The third-order valence-corrected chi connectivity index (χ3v) is 4.65. The Morgan fingerprint density at radius 3 is 2.33 bits per heavy atom. The van der Waals surface area contributed by atoms with Gasteiger partial charge in [-0.05, 0) is 37.6 Å². The summed E-state index contributed by atoms with van der Waals surface area (Å²) in [6, 6.07) is 12.4. The van der Waals surface area contributed by atoms with Crippen LogP contribution in [0.15, 0.2) is 36.4 Å². The van der Waals surface area contributed by atoms with Gasteiger partial charge in [0.05, 0.1) is 4.34 Å². The Morgan fingerprint density at radius 1 is 1.00 bits per heavy atom. The fraction of sp³-hybridized carbons (Fsp3) is 0.286. The van der Waals surface area contributed by atoms with Gasteiger partial charge in [0.2, 0.25) is 0 Å². The van der Waals surface area contributed by atoms with Crippen molar-refractivity contribution in [2.24, 2.45) is 0 Å². The molecule has 0 spiro atoms. The van der Waals surface area contributed by atoms with Crippen molar-refractivity contribution in [1.82, 2.24) is 5.32 Å². The third-order valence-electron chi connectivity index (χ3n) is 2.89. The van der Waals surface area contributed by atoms with Gasteiger partial charge in [-0.3, -0.25) is 0 Å². The lowest BCUT2D eigenvalue weighted by molar-refractivity contribution is 0.500. The Labute approximate surface area is 122 Å². The van der Waals surface area contributed by atoms with Crippen LogP contribution in [0.1, 0.15) is 36.4 Å². The van der Waals surface area contributed by atoms with Gasteiger partial charge in [-0.25, -0.2) is 0 Å². The van der Waals surface area contributed by atoms with Crippen molar-refractivity contribution in [2.45, 2.75) is 25.9 Å². The van der Waals surface area contributed by atoms with Crippen molar-refractivity contribution in [3.8, 4) is 0 Å². The van der Waals surface area contributed by atoms with Crippen LogP contribution in [-0.4, -0.2) is 0 Å². The van der Waals surface area contributed by atoms with E-state index in [0.717, 1.165) is 14.9 Å². The molecule has 0 bridgehead atoms. The predicted molar refractivity (Wildman–Crippen MR) is 80.7 cm³/mol. The van der Waals surface area contributed by atoms with Gasteiger partial charge in [0.15, 0.2) is 0 Å². The van der Waals surface area contributed by atoms with Crippen LogP contribution < -0.4 is 5.32 Å². The highest BCUT2D eigenvalue weighted by molar-refractivity contribution is 7.16. The first kappa shape index (κ1) is 13.9. The van der Waals surface area contributed by atoms with Gasteiger partial charge in [-0.15, -0.1) is 11.3 Å². The van der Waals surface area contributed by atoms with E-state index in [4.69, 9.17) is 23.2 Å². The van der Waals surface area contributed by atoms with Crippen molar-refractivity contribution < 1.29 is 0 Å². The summed E-state index contributed by atoms with van der Waals surface area (Å²) >= 11 is 13.8. The Kier molecular flexibility index (Phi) is 4.68. The molecule has 2 aromatic rings. The van der Waals surface area contributed by atoms with Gasteiger partial charge >= 0.3 is 0 Å². The highest BCUT2D eigenvalue weighted by Crippen LogP contribution is 2.29. The fourth-order valence-electron chi connectivity index (χ4n) is 1.93. The summed E-state index contributed by atoms with van der Waals surface area (Å²) < 4.78 is 0.823. The van der Waals surface area contributed by atoms with E-state index < -0.39 is 0 Å². The van der Waals surface area contributed by atoms with E-state index >= 15 is 0 Å². The lowest BCUT2D eigenvalue weighted by Crippen LogP contribution is -2.22. The van der Waals surface area contributed by atoms with Crippen molar-refractivity contribution in [3.63, 3.8) is 0 Å². The number of benzene rings is 1. The van der Waals surface area contributed by atoms with Gasteiger partial charge in [0, 0.05) is 22.0 Å². The summed E-state index contributed by atoms with van der Waals surface area (Å²) in [6.45, 7) is 4.25. The summed E-state index contributed by atoms with van der Waals surface area (Å²) in [5, 5.41) is 4.33. The van der Waals surface area contributed by atoms with E-state index in [0.29, 0.717) is 0 Å². The van der Waals surface area contributed by atoms with E-state index in [-0.39, 0.29) is 12.1 Å². The molecule has 18 heavy (non-hydrogen) atoms. The summed E-state index contributed by atoms with van der Waals surface area (Å²) in [5.74, 6) is 0. The lowest BCUT2D eigenvalue weighted by atomic mass is 10.1. The second kappa shape index (κ2) is 6.07. The maximum absolute atomic E-state index is 6.19. The highest BCUT2D eigenvalue weighted by atomic mass is 35.5. The molecule has 1 heterocycles. The van der Waals surface area contributed by atoms with Gasteiger partial charge in [0.25, 0.3) is 0 Å². The number of rotatable bonds is 4. The molecule has 0 aliphatic heterocycles. The number of thiophene rings is 1. The zero-order chi connectivity index (χ0) is 13.1. The Hall–Kier alpha value is -0.540. The summed E-state index contributed by atoms with van der Waals surface area (Å²) in [4.78, 5) is 1.24. The zero-order valence-electron chi connectivity index (χ0n) is 10.3. The quantitative estimate of drug-likeness (QED) is 0.789. The first-order chi connectivity index (χ1) is 8.58. The molecule has 1 unspecified atom stereocenters. The molecule has 1 nitrogen and oxygen atoms in total. The molecule has 0 amide bonds. The number of halogens is 2. The van der Waals surface area contributed by atoms with Crippen molar-refractivity contribution >= 4 is 34.5 Å². The maximum atomic E-state index is 6.19. The first-order valence-electron chi connectivity index (χ1n) is 5.83. The van der Waals surface area contributed by atoms with E-state index in [9.17, 15) is 0 Å². The second-order valence-corrected chi connectivity index (χ2v) is 6.43. The topological polar surface area (TPSA) is 12.0 Å². The average molecular weight is 300 g/mol. The smallest absolute Gasteiger partial charge is 0.0931 e. The van der Waals surface area contributed by atoms with Crippen LogP contribution in [0.5, 0.6) is 0 Å². The Bertz CT molecular complexity index is 524. The standard InChI is InChI=1S/C14H15Cl2NS/c1-9(11-5-3-4-6-12(11)15)17-10(2)13-7-8-14(16)18-13/h3-10,17H,1-2H3/t9-,10?/m1/s1. The molecule has 0 aliphatic rings. The first-order valence-corrected chi connectivity index (χ1v) is 7.41. The largest absolute Gasteiger partial charge is 0.303 e. The molecule has 2 rings (SSSR count). The van der Waals surface area contributed by atoms with Crippen LogP contribution in [0.4, 0.5) is 0 Å². The predicted octanol–water partition coefficient (Wildman–Crippen LogP) is 5.47. The van der Waals surface area contributed by atoms with Crippen LogP contribution in [0.2, 0.25) is 9.36 Å². The van der Waals surface area contributed by atoms with E-state index in [2.05, 4.69) is 25.2 Å². The molecular formula is C14H15Cl2NS. The van der Waals surface area contributed by atoms with E-state index in [1.54, 1.807) is 11.3 Å². The molecule has 4 heteroatoms. The minimum atomic E-state index is 0.203. The van der Waals surface area contributed by atoms with Gasteiger partial charge in [0.1, 0.15) is 0 Å². The fourth-order valence-corrected chi connectivity index (χ4v) is 3.31. The number of hydrogen-bond donors (Lipinski definition) is 1. The molecule has 0 fully saturated rings.